The van der Waals surface area contributed by atoms with Crippen LogP contribution in [0.2, 0.25) is 5.02 Å². The summed E-state index contributed by atoms with van der Waals surface area (Å²) in [7, 11) is -0.410. The average molecular weight is 487 g/mol. The van der Waals surface area contributed by atoms with Crippen LogP contribution in [0.1, 0.15) is 16.8 Å². The molecule has 0 bridgehead atoms. The zero-order chi connectivity index (χ0) is 23.6. The Balaban J connectivity index is 1.51. The average Bonchev–Trinajstić information content (AvgIpc) is 2.82. The quantitative estimate of drug-likeness (QED) is 0.587. The number of carbonyl (C=O) groups is 1. The summed E-state index contributed by atoms with van der Waals surface area (Å²) in [5.74, 6) is 0.308. The number of hydrogen-bond acceptors (Lipinski definition) is 5. The van der Waals surface area contributed by atoms with Crippen molar-refractivity contribution in [2.75, 3.05) is 36.9 Å². The topological polar surface area (TPSA) is 91.8 Å². The van der Waals surface area contributed by atoms with Crippen LogP contribution in [-0.4, -0.2) is 50.9 Å². The lowest BCUT2D eigenvalue weighted by atomic mass is 10.1. The molecular formula is C23H23ClN4O4S. The van der Waals surface area contributed by atoms with Gasteiger partial charge in [-0.2, -0.15) is 12.7 Å². The van der Waals surface area contributed by atoms with Crippen LogP contribution in [0.3, 0.4) is 0 Å². The van der Waals surface area contributed by atoms with Gasteiger partial charge in [0.25, 0.3) is 5.91 Å². The number of rotatable bonds is 5. The van der Waals surface area contributed by atoms with Gasteiger partial charge in [0, 0.05) is 37.0 Å². The number of nitrogens with zero attached hydrogens (tertiary/aromatic N) is 3. The number of halogens is 1. The molecule has 0 radical (unpaired) electrons. The first-order valence-corrected chi connectivity index (χ1v) is 12.0. The first kappa shape index (κ1) is 23.0. The summed E-state index contributed by atoms with van der Waals surface area (Å²) < 4.78 is 32.9. The van der Waals surface area contributed by atoms with E-state index in [4.69, 9.17) is 16.3 Å². The molecule has 33 heavy (non-hydrogen) atoms. The van der Waals surface area contributed by atoms with Crippen molar-refractivity contribution in [3.05, 3.63) is 71.4 Å². The van der Waals surface area contributed by atoms with E-state index in [0.717, 1.165) is 6.42 Å². The van der Waals surface area contributed by atoms with Crippen molar-refractivity contribution in [1.82, 2.24) is 9.29 Å². The maximum absolute atomic E-state index is 12.8. The van der Waals surface area contributed by atoms with E-state index in [2.05, 4.69) is 10.3 Å². The highest BCUT2D eigenvalue weighted by Gasteiger charge is 2.31. The molecule has 4 rings (SSSR count). The second kappa shape index (κ2) is 9.38. The fraction of sp³-hybridized carbons (Fsp3) is 0.217. The summed E-state index contributed by atoms with van der Waals surface area (Å²) in [5.41, 5.74) is 2.81. The van der Waals surface area contributed by atoms with Crippen LogP contribution >= 0.6 is 11.6 Å². The minimum Gasteiger partial charge on any atom is -0.495 e. The van der Waals surface area contributed by atoms with E-state index < -0.39 is 10.2 Å². The van der Waals surface area contributed by atoms with Crippen molar-refractivity contribution >= 4 is 39.1 Å². The van der Waals surface area contributed by atoms with E-state index in [1.807, 2.05) is 0 Å². The maximum atomic E-state index is 12.8. The van der Waals surface area contributed by atoms with E-state index >= 15 is 0 Å². The van der Waals surface area contributed by atoms with Gasteiger partial charge in [-0.25, -0.2) is 0 Å². The smallest absolute Gasteiger partial charge is 0.303 e. The van der Waals surface area contributed by atoms with Gasteiger partial charge in [0.15, 0.2) is 0 Å². The minimum absolute atomic E-state index is 0.323. The van der Waals surface area contributed by atoms with E-state index in [0.29, 0.717) is 52.1 Å². The zero-order valence-corrected chi connectivity index (χ0v) is 19.7. The number of carbonyl (C=O) groups excluding carboxylic acids is 1. The Labute approximate surface area is 197 Å². The van der Waals surface area contributed by atoms with Crippen LogP contribution in [0.5, 0.6) is 5.75 Å². The fourth-order valence-corrected chi connectivity index (χ4v) is 5.20. The molecule has 1 amide bonds. The molecule has 1 aromatic heterocycles. The summed E-state index contributed by atoms with van der Waals surface area (Å²) in [6.45, 7) is 0.902. The molecule has 8 nitrogen and oxygen atoms in total. The second-order valence-corrected chi connectivity index (χ2v) is 9.90. The number of benzene rings is 2. The van der Waals surface area contributed by atoms with Crippen LogP contribution in [0.25, 0.3) is 11.3 Å². The largest absolute Gasteiger partial charge is 0.495 e. The van der Waals surface area contributed by atoms with Gasteiger partial charge in [-0.05, 0) is 61.0 Å². The summed E-state index contributed by atoms with van der Waals surface area (Å²) in [4.78, 5) is 17.1. The second-order valence-electron chi connectivity index (χ2n) is 7.53. The number of pyridine rings is 1. The van der Waals surface area contributed by atoms with E-state index in [9.17, 15) is 13.2 Å². The Kier molecular flexibility index (Phi) is 6.55. The summed E-state index contributed by atoms with van der Waals surface area (Å²) in [6.07, 6.45) is 2.33. The van der Waals surface area contributed by atoms with Gasteiger partial charge < -0.3 is 10.1 Å². The van der Waals surface area contributed by atoms with E-state index in [1.54, 1.807) is 75.0 Å². The van der Waals surface area contributed by atoms with Crippen LogP contribution in [0, 0.1) is 0 Å². The Morgan fingerprint density at radius 2 is 1.85 bits per heavy atom. The van der Waals surface area contributed by atoms with Crippen molar-refractivity contribution in [3.63, 3.8) is 0 Å². The molecule has 0 spiro atoms. The molecule has 172 valence electrons. The van der Waals surface area contributed by atoms with Crippen molar-refractivity contribution < 1.29 is 17.9 Å². The third-order valence-electron chi connectivity index (χ3n) is 5.40. The van der Waals surface area contributed by atoms with Gasteiger partial charge in [0.2, 0.25) is 0 Å². The van der Waals surface area contributed by atoms with Crippen LogP contribution in [0.15, 0.2) is 60.8 Å². The maximum Gasteiger partial charge on any atom is 0.303 e. The first-order chi connectivity index (χ1) is 15.8. The fourth-order valence-electron chi connectivity index (χ4n) is 3.54. The van der Waals surface area contributed by atoms with E-state index in [-0.39, 0.29) is 5.91 Å². The Morgan fingerprint density at radius 1 is 1.09 bits per heavy atom. The predicted molar refractivity (Wildman–Crippen MR) is 129 cm³/mol. The van der Waals surface area contributed by atoms with Crippen molar-refractivity contribution in [1.29, 1.82) is 0 Å². The Hall–Kier alpha value is -3.14. The van der Waals surface area contributed by atoms with Crippen LogP contribution < -0.4 is 14.4 Å². The SMILES string of the molecule is COc1ccc(-c2cc(NC(=O)c3ccc(N4CCCN(C)S4(=O)=O)cc3)ccc2Cl)nc1. The van der Waals surface area contributed by atoms with Gasteiger partial charge in [-0.15, -0.1) is 0 Å². The molecule has 2 aromatic carbocycles. The molecule has 1 N–H and O–H groups in total. The first-order valence-electron chi connectivity index (χ1n) is 10.2. The number of amides is 1. The number of anilines is 2. The molecule has 2 heterocycles. The lowest BCUT2D eigenvalue weighted by Crippen LogP contribution is -2.47. The number of ether oxygens (including phenoxy) is 1. The molecule has 1 aliphatic rings. The van der Waals surface area contributed by atoms with Crippen LogP contribution in [-0.2, 0) is 10.2 Å². The Morgan fingerprint density at radius 3 is 2.52 bits per heavy atom. The lowest BCUT2D eigenvalue weighted by Gasteiger charge is -2.33. The molecule has 0 aliphatic carbocycles. The Bertz CT molecular complexity index is 1260. The van der Waals surface area contributed by atoms with Crippen molar-refractivity contribution in [3.8, 4) is 17.0 Å². The van der Waals surface area contributed by atoms with Gasteiger partial charge in [0.05, 0.1) is 29.7 Å². The molecule has 0 atom stereocenters. The molecule has 1 aliphatic heterocycles. The van der Waals surface area contributed by atoms with Crippen molar-refractivity contribution in [2.45, 2.75) is 6.42 Å². The third-order valence-corrected chi connectivity index (χ3v) is 7.65. The molecule has 1 fully saturated rings. The van der Waals surface area contributed by atoms with Gasteiger partial charge in [-0.3, -0.25) is 14.1 Å². The zero-order valence-electron chi connectivity index (χ0n) is 18.2. The molecule has 3 aromatic rings. The van der Waals surface area contributed by atoms with Crippen molar-refractivity contribution in [2.24, 2.45) is 0 Å². The summed E-state index contributed by atoms with van der Waals surface area (Å²) in [5, 5.41) is 3.35. The standard InChI is InChI=1S/C23H23ClN4O4S/c1-27-12-3-13-28(33(27,30)31)18-7-4-16(5-8-18)23(29)26-17-6-10-21(24)20(14-17)22-11-9-19(32-2)15-25-22/h4-11,14-15H,3,12-13H2,1-2H3,(H,26,29). The number of nitrogens with one attached hydrogen (secondary N) is 1. The third kappa shape index (κ3) is 4.80. The predicted octanol–water partition coefficient (Wildman–Crippen LogP) is 4.05. The number of hydrogen-bond donors (Lipinski definition) is 1. The van der Waals surface area contributed by atoms with Crippen LogP contribution in [0.4, 0.5) is 11.4 Å². The normalized spacial score (nSPS) is 15.8. The number of aromatic nitrogens is 1. The van der Waals surface area contributed by atoms with Gasteiger partial charge in [0.1, 0.15) is 5.75 Å². The minimum atomic E-state index is -3.54. The molecule has 0 saturated carbocycles. The lowest BCUT2D eigenvalue weighted by molar-refractivity contribution is 0.102. The molecule has 0 unspecified atom stereocenters. The van der Waals surface area contributed by atoms with Gasteiger partial charge >= 0.3 is 10.2 Å². The monoisotopic (exact) mass is 486 g/mol. The number of methoxy groups -OCH3 is 1. The van der Waals surface area contributed by atoms with Gasteiger partial charge in [-0.1, -0.05) is 11.6 Å². The highest BCUT2D eigenvalue weighted by atomic mass is 35.5. The van der Waals surface area contributed by atoms with E-state index in [1.165, 1.54) is 8.61 Å². The molecule has 10 heteroatoms. The highest BCUT2D eigenvalue weighted by Crippen LogP contribution is 2.30. The molecule has 1 saturated heterocycles. The summed E-state index contributed by atoms with van der Waals surface area (Å²) >= 11 is 6.34. The summed E-state index contributed by atoms with van der Waals surface area (Å²) in [6, 6.07) is 15.2. The highest BCUT2D eigenvalue weighted by molar-refractivity contribution is 7.90. The molecular weight excluding hydrogens is 464 g/mol.